The van der Waals surface area contributed by atoms with Gasteiger partial charge < -0.3 is 9.88 Å². The van der Waals surface area contributed by atoms with Crippen molar-refractivity contribution in [3.63, 3.8) is 0 Å². The van der Waals surface area contributed by atoms with E-state index in [0.29, 0.717) is 0 Å². The smallest absolute Gasteiger partial charge is 0.234 e. The lowest BCUT2D eigenvalue weighted by Gasteiger charge is -2.07. The van der Waals surface area contributed by atoms with Crippen molar-refractivity contribution in [2.24, 2.45) is 0 Å². The Balaban J connectivity index is 1.65. The summed E-state index contributed by atoms with van der Waals surface area (Å²) in [6.45, 7) is 2.81. The van der Waals surface area contributed by atoms with Crippen LogP contribution in [0.3, 0.4) is 0 Å². The molecule has 0 aliphatic carbocycles. The van der Waals surface area contributed by atoms with Gasteiger partial charge in [-0.3, -0.25) is 4.79 Å². The molecule has 0 fully saturated rings. The van der Waals surface area contributed by atoms with Crippen LogP contribution in [0.25, 0.3) is 10.7 Å². The molecule has 0 atom stereocenters. The van der Waals surface area contributed by atoms with Crippen LogP contribution >= 0.6 is 39.0 Å². The number of hydrogen-bond acceptors (Lipinski definition) is 5. The van der Waals surface area contributed by atoms with Crippen molar-refractivity contribution in [2.75, 3.05) is 11.1 Å². The molecule has 0 aliphatic heterocycles. The molecule has 3 aromatic rings. The molecule has 1 amide bonds. The molecule has 124 valence electrons. The second-order valence-electron chi connectivity index (χ2n) is 4.87. The van der Waals surface area contributed by atoms with Crippen LogP contribution in [-0.4, -0.2) is 26.4 Å². The summed E-state index contributed by atoms with van der Waals surface area (Å²) in [5.74, 6) is 1.07. The van der Waals surface area contributed by atoms with E-state index < -0.39 is 0 Å². The van der Waals surface area contributed by atoms with Crippen LogP contribution in [0.2, 0.25) is 0 Å². The highest BCUT2D eigenvalue weighted by molar-refractivity contribution is 9.10. The molecule has 1 N–H and O–H groups in total. The normalized spacial score (nSPS) is 10.8. The fourth-order valence-corrected chi connectivity index (χ4v) is 4.08. The number of thioether (sulfide) groups is 1. The number of carbonyl (C=O) groups excluding carboxylic acids is 1. The Labute approximate surface area is 156 Å². The highest BCUT2D eigenvalue weighted by Crippen LogP contribution is 2.27. The van der Waals surface area contributed by atoms with Gasteiger partial charge in [-0.15, -0.1) is 21.5 Å². The van der Waals surface area contributed by atoms with Crippen LogP contribution in [0.4, 0.5) is 5.69 Å². The van der Waals surface area contributed by atoms with Crippen molar-refractivity contribution < 1.29 is 4.79 Å². The first-order chi connectivity index (χ1) is 11.7. The Morgan fingerprint density at radius 2 is 2.21 bits per heavy atom. The quantitative estimate of drug-likeness (QED) is 0.593. The summed E-state index contributed by atoms with van der Waals surface area (Å²) in [5.41, 5.74) is 0.770. The third-order valence-electron chi connectivity index (χ3n) is 3.22. The molecular formula is C16H15BrN4OS2. The third kappa shape index (κ3) is 4.06. The largest absolute Gasteiger partial charge is 0.325 e. The van der Waals surface area contributed by atoms with Crippen LogP contribution in [0.15, 0.2) is 51.4 Å². The van der Waals surface area contributed by atoms with E-state index in [9.17, 15) is 4.79 Å². The zero-order valence-electron chi connectivity index (χ0n) is 12.9. The molecule has 2 heterocycles. The molecule has 0 radical (unpaired) electrons. The number of rotatable bonds is 6. The average Bonchev–Trinajstić information content (AvgIpc) is 3.21. The fraction of sp³-hybridized carbons (Fsp3) is 0.188. The molecule has 8 heteroatoms. The standard InChI is InChI=1S/C16H15BrN4OS2/c1-2-21-15(13-7-4-8-23-13)19-20-16(21)24-10-14(22)18-12-6-3-5-11(17)9-12/h3-9H,2,10H2,1H3,(H,18,22). The molecular weight excluding hydrogens is 408 g/mol. The first kappa shape index (κ1) is 17.2. The van der Waals surface area contributed by atoms with Gasteiger partial charge in [0.15, 0.2) is 11.0 Å². The van der Waals surface area contributed by atoms with Crippen LogP contribution in [0, 0.1) is 0 Å². The van der Waals surface area contributed by atoms with E-state index in [0.717, 1.165) is 32.6 Å². The maximum absolute atomic E-state index is 12.1. The number of amides is 1. The maximum atomic E-state index is 12.1. The molecule has 0 saturated carbocycles. The van der Waals surface area contributed by atoms with Crippen LogP contribution in [-0.2, 0) is 11.3 Å². The van der Waals surface area contributed by atoms with Gasteiger partial charge in [0, 0.05) is 16.7 Å². The zero-order valence-corrected chi connectivity index (χ0v) is 16.1. The highest BCUT2D eigenvalue weighted by atomic mass is 79.9. The minimum absolute atomic E-state index is 0.0681. The fourth-order valence-electron chi connectivity index (χ4n) is 2.16. The average molecular weight is 423 g/mol. The molecule has 0 aliphatic rings. The van der Waals surface area contributed by atoms with E-state index in [2.05, 4.69) is 31.4 Å². The molecule has 1 aromatic carbocycles. The topological polar surface area (TPSA) is 59.8 Å². The van der Waals surface area contributed by atoms with Crippen molar-refractivity contribution in [1.29, 1.82) is 0 Å². The van der Waals surface area contributed by atoms with Crippen molar-refractivity contribution >= 4 is 50.6 Å². The van der Waals surface area contributed by atoms with Gasteiger partial charge in [0.1, 0.15) is 0 Å². The molecule has 24 heavy (non-hydrogen) atoms. The number of anilines is 1. The number of aromatic nitrogens is 3. The zero-order chi connectivity index (χ0) is 16.9. The summed E-state index contributed by atoms with van der Waals surface area (Å²) < 4.78 is 2.96. The number of benzene rings is 1. The molecule has 0 bridgehead atoms. The van der Waals surface area contributed by atoms with Crippen LogP contribution in [0.5, 0.6) is 0 Å². The van der Waals surface area contributed by atoms with Gasteiger partial charge in [0.25, 0.3) is 0 Å². The van der Waals surface area contributed by atoms with E-state index in [1.54, 1.807) is 11.3 Å². The lowest BCUT2D eigenvalue weighted by Crippen LogP contribution is -2.14. The van der Waals surface area contributed by atoms with Crippen molar-refractivity contribution in [3.8, 4) is 10.7 Å². The Hall–Kier alpha value is -1.64. The lowest BCUT2D eigenvalue weighted by atomic mass is 10.3. The van der Waals surface area contributed by atoms with Gasteiger partial charge in [-0.25, -0.2) is 0 Å². The van der Waals surface area contributed by atoms with E-state index in [-0.39, 0.29) is 11.7 Å². The summed E-state index contributed by atoms with van der Waals surface area (Å²) in [7, 11) is 0. The monoisotopic (exact) mass is 422 g/mol. The highest BCUT2D eigenvalue weighted by Gasteiger charge is 2.15. The SMILES string of the molecule is CCn1c(SCC(=O)Nc2cccc(Br)c2)nnc1-c1cccs1. The number of carbonyl (C=O) groups is 1. The van der Waals surface area contributed by atoms with Crippen molar-refractivity contribution in [2.45, 2.75) is 18.6 Å². The summed E-state index contributed by atoms with van der Waals surface area (Å²) >= 11 is 6.41. The number of halogens is 1. The molecule has 0 unspecified atom stereocenters. The van der Waals surface area contributed by atoms with Gasteiger partial charge in [-0.1, -0.05) is 39.8 Å². The van der Waals surface area contributed by atoms with E-state index in [1.165, 1.54) is 11.8 Å². The number of nitrogens with one attached hydrogen (secondary N) is 1. The molecule has 3 rings (SSSR count). The van der Waals surface area contributed by atoms with Gasteiger partial charge in [0.2, 0.25) is 5.91 Å². The lowest BCUT2D eigenvalue weighted by molar-refractivity contribution is -0.113. The Morgan fingerprint density at radius 3 is 2.92 bits per heavy atom. The summed E-state index contributed by atoms with van der Waals surface area (Å²) in [4.78, 5) is 13.2. The van der Waals surface area contributed by atoms with Gasteiger partial charge in [-0.05, 0) is 36.6 Å². The minimum Gasteiger partial charge on any atom is -0.325 e. The molecule has 5 nitrogen and oxygen atoms in total. The minimum atomic E-state index is -0.0681. The second-order valence-corrected chi connectivity index (χ2v) is 7.68. The number of hydrogen-bond donors (Lipinski definition) is 1. The first-order valence-electron chi connectivity index (χ1n) is 7.32. The van der Waals surface area contributed by atoms with E-state index in [4.69, 9.17) is 0 Å². The predicted octanol–water partition coefficient (Wildman–Crippen LogP) is 4.52. The van der Waals surface area contributed by atoms with Gasteiger partial charge >= 0.3 is 0 Å². The molecule has 0 saturated heterocycles. The number of nitrogens with zero attached hydrogens (tertiary/aromatic N) is 3. The number of thiophene rings is 1. The van der Waals surface area contributed by atoms with E-state index in [1.807, 2.05) is 53.3 Å². The van der Waals surface area contributed by atoms with Crippen molar-refractivity contribution in [1.82, 2.24) is 14.8 Å². The van der Waals surface area contributed by atoms with Crippen LogP contribution in [0.1, 0.15) is 6.92 Å². The predicted molar refractivity (Wildman–Crippen MR) is 103 cm³/mol. The van der Waals surface area contributed by atoms with Gasteiger partial charge in [0.05, 0.1) is 10.6 Å². The molecule has 0 spiro atoms. The first-order valence-corrected chi connectivity index (χ1v) is 9.98. The van der Waals surface area contributed by atoms with E-state index >= 15 is 0 Å². The van der Waals surface area contributed by atoms with Crippen molar-refractivity contribution in [3.05, 3.63) is 46.3 Å². The Kier molecular flexibility index (Phi) is 5.70. The third-order valence-corrected chi connectivity index (χ3v) is 5.54. The second kappa shape index (κ2) is 7.96. The Morgan fingerprint density at radius 1 is 1.33 bits per heavy atom. The summed E-state index contributed by atoms with van der Waals surface area (Å²) in [6, 6.07) is 11.5. The maximum Gasteiger partial charge on any atom is 0.234 e. The van der Waals surface area contributed by atoms with Crippen LogP contribution < -0.4 is 5.32 Å². The Bertz CT molecular complexity index is 832. The van der Waals surface area contributed by atoms with Gasteiger partial charge in [-0.2, -0.15) is 0 Å². The summed E-state index contributed by atoms with van der Waals surface area (Å²) in [5, 5.41) is 14.1. The summed E-state index contributed by atoms with van der Waals surface area (Å²) in [6.07, 6.45) is 0. The molecule has 2 aromatic heterocycles.